The van der Waals surface area contributed by atoms with Crippen molar-refractivity contribution in [1.82, 2.24) is 5.32 Å². The Hall–Kier alpha value is -0.730. The first-order valence-electron chi connectivity index (χ1n) is 5.14. The van der Waals surface area contributed by atoms with E-state index in [1.165, 1.54) is 0 Å². The molecule has 5 N–H and O–H groups in total. The number of aliphatic hydroxyl groups excluding tert-OH is 4. The lowest BCUT2D eigenvalue weighted by Gasteiger charge is -2.46. The number of carbonyl (C=O) groups excluding carboxylic acids is 1. The van der Waals surface area contributed by atoms with E-state index in [0.29, 0.717) is 0 Å². The van der Waals surface area contributed by atoms with Gasteiger partial charge in [0.15, 0.2) is 5.72 Å². The molecule has 1 amide bonds. The molecule has 0 unspecified atom stereocenters. The molecule has 7 nitrogen and oxygen atoms in total. The number of carbonyl (C=O) groups is 1. The first-order chi connectivity index (χ1) is 7.50. The van der Waals surface area contributed by atoms with Gasteiger partial charge in [0.05, 0.1) is 6.61 Å². The van der Waals surface area contributed by atoms with Crippen LogP contribution in [0, 0.1) is 0 Å². The van der Waals surface area contributed by atoms with E-state index in [1.807, 2.05) is 0 Å². The third-order valence-corrected chi connectivity index (χ3v) is 3.15. The van der Waals surface area contributed by atoms with Gasteiger partial charge in [-0.1, -0.05) is 0 Å². The van der Waals surface area contributed by atoms with E-state index in [1.54, 1.807) is 0 Å². The summed E-state index contributed by atoms with van der Waals surface area (Å²) in [6.45, 7) is -0.497. The highest BCUT2D eigenvalue weighted by Gasteiger charge is 2.56. The summed E-state index contributed by atoms with van der Waals surface area (Å²) in [6, 6.07) is 0. The Morgan fingerprint density at radius 3 is 2.56 bits per heavy atom. The van der Waals surface area contributed by atoms with Crippen LogP contribution in [0.2, 0.25) is 0 Å². The van der Waals surface area contributed by atoms with Crippen LogP contribution in [0.15, 0.2) is 0 Å². The van der Waals surface area contributed by atoms with E-state index >= 15 is 0 Å². The molecule has 1 spiro atoms. The molecular weight excluding hydrogens is 218 g/mol. The van der Waals surface area contributed by atoms with Gasteiger partial charge in [0, 0.05) is 12.8 Å². The number of ether oxygens (including phenoxy) is 1. The minimum atomic E-state index is -1.45. The molecule has 0 saturated carbocycles. The van der Waals surface area contributed by atoms with Gasteiger partial charge in [0.25, 0.3) is 0 Å². The maximum atomic E-state index is 11.1. The van der Waals surface area contributed by atoms with Gasteiger partial charge in [-0.2, -0.15) is 0 Å². The summed E-state index contributed by atoms with van der Waals surface area (Å²) in [7, 11) is 0. The Balaban J connectivity index is 2.23. The molecule has 0 aromatic heterocycles. The van der Waals surface area contributed by atoms with Crippen molar-refractivity contribution >= 4 is 5.91 Å². The van der Waals surface area contributed by atoms with Crippen LogP contribution in [-0.4, -0.2) is 63.1 Å². The highest BCUT2D eigenvalue weighted by Crippen LogP contribution is 2.34. The SMILES string of the molecule is O=C1CC[C@]2(N1)O[C@H](CO)[C@@H](O)[C@H](O)[C@@H]2O. The van der Waals surface area contributed by atoms with Crippen molar-refractivity contribution in [1.29, 1.82) is 0 Å². The smallest absolute Gasteiger partial charge is 0.222 e. The number of nitrogens with one attached hydrogen (secondary N) is 1. The maximum Gasteiger partial charge on any atom is 0.222 e. The van der Waals surface area contributed by atoms with Gasteiger partial charge < -0.3 is 30.5 Å². The van der Waals surface area contributed by atoms with Crippen molar-refractivity contribution in [2.45, 2.75) is 43.0 Å². The van der Waals surface area contributed by atoms with Crippen LogP contribution >= 0.6 is 0 Å². The van der Waals surface area contributed by atoms with Crippen molar-refractivity contribution in [3.8, 4) is 0 Å². The monoisotopic (exact) mass is 233 g/mol. The Bertz CT molecular complexity index is 296. The zero-order valence-electron chi connectivity index (χ0n) is 8.54. The molecule has 2 saturated heterocycles. The Labute approximate surface area is 91.6 Å². The summed E-state index contributed by atoms with van der Waals surface area (Å²) >= 11 is 0. The first-order valence-corrected chi connectivity index (χ1v) is 5.14. The van der Waals surface area contributed by atoms with E-state index in [4.69, 9.17) is 9.84 Å². The average Bonchev–Trinajstić information content (AvgIpc) is 2.64. The molecule has 2 fully saturated rings. The molecule has 0 aromatic rings. The van der Waals surface area contributed by atoms with Crippen LogP contribution in [0.5, 0.6) is 0 Å². The van der Waals surface area contributed by atoms with Crippen LogP contribution in [-0.2, 0) is 9.53 Å². The summed E-state index contributed by atoms with van der Waals surface area (Å²) < 4.78 is 5.31. The van der Waals surface area contributed by atoms with Gasteiger partial charge in [-0.05, 0) is 0 Å². The van der Waals surface area contributed by atoms with Gasteiger partial charge in [-0.15, -0.1) is 0 Å². The second-order valence-corrected chi connectivity index (χ2v) is 4.20. The number of hydrogen-bond donors (Lipinski definition) is 5. The maximum absolute atomic E-state index is 11.1. The molecule has 92 valence electrons. The topological polar surface area (TPSA) is 119 Å². The van der Waals surface area contributed by atoms with E-state index in [0.717, 1.165) is 0 Å². The van der Waals surface area contributed by atoms with Gasteiger partial charge in [-0.3, -0.25) is 4.79 Å². The Morgan fingerprint density at radius 1 is 1.38 bits per heavy atom. The van der Waals surface area contributed by atoms with Gasteiger partial charge >= 0.3 is 0 Å². The summed E-state index contributed by atoms with van der Waals surface area (Å²) in [5.74, 6) is -0.292. The van der Waals surface area contributed by atoms with Crippen molar-refractivity contribution in [3.05, 3.63) is 0 Å². The van der Waals surface area contributed by atoms with Crippen LogP contribution in [0.1, 0.15) is 12.8 Å². The fourth-order valence-electron chi connectivity index (χ4n) is 2.21. The Morgan fingerprint density at radius 2 is 2.06 bits per heavy atom. The molecule has 0 aliphatic carbocycles. The molecule has 2 aliphatic rings. The van der Waals surface area contributed by atoms with Crippen molar-refractivity contribution in [2.75, 3.05) is 6.61 Å². The Kier molecular flexibility index (Phi) is 2.89. The van der Waals surface area contributed by atoms with Crippen LogP contribution in [0.25, 0.3) is 0 Å². The molecule has 5 atom stereocenters. The second-order valence-electron chi connectivity index (χ2n) is 4.20. The lowest BCUT2D eigenvalue weighted by molar-refractivity contribution is -0.278. The zero-order valence-corrected chi connectivity index (χ0v) is 8.54. The molecule has 7 heteroatoms. The standard InChI is InChI=1S/C9H15NO6/c11-3-4-6(13)7(14)8(15)9(16-4)2-1-5(12)10-9/h4,6-8,11,13-15H,1-3H2,(H,10,12)/t4-,6-,7+,8+,9+/m1/s1. The van der Waals surface area contributed by atoms with E-state index in [9.17, 15) is 20.1 Å². The third kappa shape index (κ3) is 1.61. The molecule has 0 aromatic carbocycles. The lowest BCUT2D eigenvalue weighted by Crippen LogP contribution is -2.68. The van der Waals surface area contributed by atoms with Crippen molar-refractivity contribution in [3.63, 3.8) is 0 Å². The number of aliphatic hydroxyl groups is 4. The van der Waals surface area contributed by atoms with E-state index in [2.05, 4.69) is 5.32 Å². The molecule has 2 heterocycles. The third-order valence-electron chi connectivity index (χ3n) is 3.15. The highest BCUT2D eigenvalue weighted by molar-refractivity contribution is 5.79. The fourth-order valence-corrected chi connectivity index (χ4v) is 2.21. The summed E-state index contributed by atoms with van der Waals surface area (Å²) in [4.78, 5) is 11.1. The molecule has 0 bridgehead atoms. The van der Waals surface area contributed by atoms with Crippen LogP contribution in [0.4, 0.5) is 0 Å². The van der Waals surface area contributed by atoms with Crippen LogP contribution < -0.4 is 5.32 Å². The van der Waals surface area contributed by atoms with Crippen molar-refractivity contribution in [2.24, 2.45) is 0 Å². The molecule has 2 aliphatic heterocycles. The summed E-state index contributed by atoms with van der Waals surface area (Å²) in [5, 5.41) is 40.4. The van der Waals surface area contributed by atoms with Crippen LogP contribution in [0.3, 0.4) is 0 Å². The average molecular weight is 233 g/mol. The number of hydrogen-bond acceptors (Lipinski definition) is 6. The second kappa shape index (κ2) is 3.94. The minimum Gasteiger partial charge on any atom is -0.394 e. The predicted octanol–water partition coefficient (Wildman–Crippen LogP) is -2.93. The largest absolute Gasteiger partial charge is 0.394 e. The van der Waals surface area contributed by atoms with Gasteiger partial charge in [-0.25, -0.2) is 0 Å². The molecule has 0 radical (unpaired) electrons. The highest BCUT2D eigenvalue weighted by atomic mass is 16.6. The minimum absolute atomic E-state index is 0.179. The number of amides is 1. The van der Waals surface area contributed by atoms with E-state index in [-0.39, 0.29) is 18.7 Å². The summed E-state index contributed by atoms with van der Waals surface area (Å²) in [5.41, 5.74) is -1.39. The fraction of sp³-hybridized carbons (Fsp3) is 0.889. The first kappa shape index (κ1) is 11.7. The van der Waals surface area contributed by atoms with Gasteiger partial charge in [0.2, 0.25) is 5.91 Å². The number of rotatable bonds is 1. The summed E-state index contributed by atoms with van der Waals surface area (Å²) in [6.07, 6.45) is -4.87. The molecular formula is C9H15NO6. The quantitative estimate of drug-likeness (QED) is 0.331. The van der Waals surface area contributed by atoms with Gasteiger partial charge in [0.1, 0.15) is 24.4 Å². The normalized spacial score (nSPS) is 48.4. The van der Waals surface area contributed by atoms with Crippen molar-refractivity contribution < 1.29 is 30.0 Å². The molecule has 16 heavy (non-hydrogen) atoms. The molecule has 2 rings (SSSR count). The zero-order chi connectivity index (χ0) is 11.9. The predicted molar refractivity (Wildman–Crippen MR) is 50.1 cm³/mol. The van der Waals surface area contributed by atoms with E-state index < -0.39 is 36.7 Å². The lowest BCUT2D eigenvalue weighted by atomic mass is 9.90.